The number of ether oxygens (including phenoxy) is 2. The van der Waals surface area contributed by atoms with Crippen LogP contribution in [0.3, 0.4) is 0 Å². The van der Waals surface area contributed by atoms with Crippen molar-refractivity contribution < 1.29 is 14.3 Å². The highest BCUT2D eigenvalue weighted by molar-refractivity contribution is 9.11. The smallest absolute Gasteiger partial charge is 0.310 e. The second-order valence-electron chi connectivity index (χ2n) is 4.41. The quantitative estimate of drug-likeness (QED) is 0.696. The van der Waals surface area contributed by atoms with Crippen LogP contribution < -0.4 is 4.74 Å². The molecule has 1 atom stereocenters. The summed E-state index contributed by atoms with van der Waals surface area (Å²) in [6.45, 7) is 6.23. The molecule has 1 rings (SSSR count). The van der Waals surface area contributed by atoms with Crippen LogP contribution in [-0.4, -0.2) is 18.7 Å². The Balaban J connectivity index is 2.84. The Bertz CT molecular complexity index is 465. The monoisotopic (exact) mass is 340 g/mol. The van der Waals surface area contributed by atoms with Crippen LogP contribution in [-0.2, 0) is 16.0 Å². The van der Waals surface area contributed by atoms with E-state index in [-0.39, 0.29) is 18.5 Å². The molecular formula is C16H21BrO3. The molecule has 1 aromatic rings. The third-order valence-electron chi connectivity index (χ3n) is 2.71. The van der Waals surface area contributed by atoms with Gasteiger partial charge in [-0.1, -0.05) is 41.1 Å². The summed E-state index contributed by atoms with van der Waals surface area (Å²) in [5.41, 5.74) is 0.852. The third-order valence-corrected chi connectivity index (χ3v) is 2.97. The third kappa shape index (κ3) is 5.78. The average molecular weight is 341 g/mol. The number of para-hydroxylation sites is 1. The van der Waals surface area contributed by atoms with Gasteiger partial charge in [-0.05, 0) is 36.9 Å². The molecule has 0 aliphatic heterocycles. The van der Waals surface area contributed by atoms with E-state index in [0.717, 1.165) is 22.2 Å². The number of rotatable bonds is 7. The Kier molecular flexibility index (Phi) is 7.37. The molecule has 0 aliphatic rings. The average Bonchev–Trinajstić information content (AvgIpc) is 2.39. The largest absolute Gasteiger partial charge is 0.486 e. The molecular weight excluding hydrogens is 320 g/mol. The van der Waals surface area contributed by atoms with Gasteiger partial charge < -0.3 is 9.47 Å². The minimum Gasteiger partial charge on any atom is -0.486 e. The molecule has 0 saturated heterocycles. The fourth-order valence-corrected chi connectivity index (χ4v) is 2.08. The van der Waals surface area contributed by atoms with Crippen molar-refractivity contribution >= 4 is 21.9 Å². The van der Waals surface area contributed by atoms with Gasteiger partial charge in [0.25, 0.3) is 0 Å². The van der Waals surface area contributed by atoms with Crippen molar-refractivity contribution in [2.75, 3.05) is 6.61 Å². The molecule has 0 aliphatic carbocycles. The number of carbonyl (C=O) groups excluding carboxylic acids is 1. The van der Waals surface area contributed by atoms with Crippen molar-refractivity contribution in [3.8, 4) is 5.75 Å². The summed E-state index contributed by atoms with van der Waals surface area (Å²) in [6, 6.07) is 7.58. The first kappa shape index (κ1) is 16.8. The highest BCUT2D eigenvalue weighted by Crippen LogP contribution is 2.22. The number of carbonyl (C=O) groups is 1. The summed E-state index contributed by atoms with van der Waals surface area (Å²) in [6.07, 6.45) is 3.09. The van der Waals surface area contributed by atoms with Gasteiger partial charge in [-0.25, -0.2) is 0 Å². The highest BCUT2D eigenvalue weighted by atomic mass is 79.9. The Morgan fingerprint density at radius 2 is 2.05 bits per heavy atom. The minimum atomic E-state index is -0.233. The number of esters is 1. The molecule has 0 aromatic heterocycles. The van der Waals surface area contributed by atoms with E-state index in [1.165, 1.54) is 0 Å². The molecule has 0 saturated carbocycles. The fraction of sp³-hybridized carbons (Fsp3) is 0.438. The predicted molar refractivity (Wildman–Crippen MR) is 84.2 cm³/mol. The molecule has 0 radical (unpaired) electrons. The van der Waals surface area contributed by atoms with Gasteiger partial charge in [-0.2, -0.15) is 0 Å². The number of halogens is 1. The van der Waals surface area contributed by atoms with E-state index in [9.17, 15) is 4.79 Å². The Labute approximate surface area is 129 Å². The zero-order chi connectivity index (χ0) is 15.0. The maximum atomic E-state index is 11.6. The lowest BCUT2D eigenvalue weighted by Crippen LogP contribution is -2.15. The Hall–Kier alpha value is -1.29. The molecule has 0 spiro atoms. The second-order valence-corrected chi connectivity index (χ2v) is 5.66. The van der Waals surface area contributed by atoms with Gasteiger partial charge in [0.1, 0.15) is 11.9 Å². The summed E-state index contributed by atoms with van der Waals surface area (Å²) >= 11 is 3.42. The first-order chi connectivity index (χ1) is 9.56. The van der Waals surface area contributed by atoms with Crippen molar-refractivity contribution in [3.63, 3.8) is 0 Å². The van der Waals surface area contributed by atoms with Gasteiger partial charge >= 0.3 is 5.97 Å². The molecule has 0 N–H and O–H groups in total. The van der Waals surface area contributed by atoms with E-state index in [4.69, 9.17) is 9.47 Å². The van der Waals surface area contributed by atoms with E-state index in [1.54, 1.807) is 6.92 Å². The normalized spacial score (nSPS) is 12.9. The summed E-state index contributed by atoms with van der Waals surface area (Å²) in [5.74, 6) is 0.501. The van der Waals surface area contributed by atoms with Crippen LogP contribution in [0.25, 0.3) is 0 Å². The van der Waals surface area contributed by atoms with Crippen molar-refractivity contribution in [1.29, 1.82) is 0 Å². The molecule has 1 aromatic carbocycles. The van der Waals surface area contributed by atoms with Crippen LogP contribution in [0.4, 0.5) is 0 Å². The molecule has 0 fully saturated rings. The zero-order valence-electron chi connectivity index (χ0n) is 12.2. The van der Waals surface area contributed by atoms with E-state index in [0.29, 0.717) is 6.61 Å². The number of allylic oxidation sites excluding steroid dienone is 1. The van der Waals surface area contributed by atoms with Crippen LogP contribution in [0.5, 0.6) is 5.75 Å². The Morgan fingerprint density at radius 1 is 1.35 bits per heavy atom. The van der Waals surface area contributed by atoms with Gasteiger partial charge in [-0.15, -0.1) is 0 Å². The topological polar surface area (TPSA) is 35.5 Å². The van der Waals surface area contributed by atoms with Gasteiger partial charge in [0, 0.05) is 5.56 Å². The lowest BCUT2D eigenvalue weighted by molar-refractivity contribution is -0.142. The van der Waals surface area contributed by atoms with Crippen LogP contribution in [0.1, 0.15) is 32.8 Å². The predicted octanol–water partition coefficient (Wildman–Crippen LogP) is 4.25. The number of benzene rings is 1. The molecule has 0 amide bonds. The van der Waals surface area contributed by atoms with E-state index in [2.05, 4.69) is 22.9 Å². The standard InChI is InChI=1S/C16H21BrO3/c1-4-14(10-12(3)17)20-15-9-7-6-8-13(15)11-16(18)19-5-2/h6-10,14H,4-5,11H2,1-3H3/b12-10+. The van der Waals surface area contributed by atoms with Crippen molar-refractivity contribution in [3.05, 3.63) is 40.4 Å². The molecule has 3 nitrogen and oxygen atoms in total. The van der Waals surface area contributed by atoms with E-state index in [1.807, 2.05) is 37.3 Å². The highest BCUT2D eigenvalue weighted by Gasteiger charge is 2.12. The summed E-state index contributed by atoms with van der Waals surface area (Å²) in [7, 11) is 0. The SMILES string of the molecule is CCOC(=O)Cc1ccccc1OC(/C=C(\C)Br)CC. The molecule has 0 heterocycles. The van der Waals surface area contributed by atoms with Gasteiger partial charge in [-0.3, -0.25) is 4.79 Å². The maximum absolute atomic E-state index is 11.6. The van der Waals surface area contributed by atoms with Crippen molar-refractivity contribution in [1.82, 2.24) is 0 Å². The fourth-order valence-electron chi connectivity index (χ4n) is 1.79. The summed E-state index contributed by atoms with van der Waals surface area (Å²) < 4.78 is 12.0. The van der Waals surface area contributed by atoms with Crippen LogP contribution >= 0.6 is 15.9 Å². The lowest BCUT2D eigenvalue weighted by atomic mass is 10.1. The molecule has 0 bridgehead atoms. The van der Waals surface area contributed by atoms with Gasteiger partial charge in [0.15, 0.2) is 0 Å². The molecule has 4 heteroatoms. The minimum absolute atomic E-state index is 0.0160. The summed E-state index contributed by atoms with van der Waals surface area (Å²) in [4.78, 5) is 11.6. The maximum Gasteiger partial charge on any atom is 0.310 e. The van der Waals surface area contributed by atoms with Gasteiger partial charge in [0.2, 0.25) is 0 Å². The summed E-state index contributed by atoms with van der Waals surface area (Å²) in [5, 5.41) is 0. The molecule has 110 valence electrons. The lowest BCUT2D eigenvalue weighted by Gasteiger charge is -2.17. The zero-order valence-corrected chi connectivity index (χ0v) is 13.8. The van der Waals surface area contributed by atoms with Crippen LogP contribution in [0.2, 0.25) is 0 Å². The van der Waals surface area contributed by atoms with Crippen molar-refractivity contribution in [2.24, 2.45) is 0 Å². The number of hydrogen-bond donors (Lipinski definition) is 0. The first-order valence-corrected chi connectivity index (χ1v) is 7.60. The van der Waals surface area contributed by atoms with Crippen LogP contribution in [0.15, 0.2) is 34.8 Å². The van der Waals surface area contributed by atoms with Crippen LogP contribution in [0, 0.1) is 0 Å². The number of hydrogen-bond acceptors (Lipinski definition) is 3. The second kappa shape index (κ2) is 8.80. The van der Waals surface area contributed by atoms with Crippen molar-refractivity contribution in [2.45, 2.75) is 39.7 Å². The van der Waals surface area contributed by atoms with E-state index < -0.39 is 0 Å². The molecule has 1 unspecified atom stereocenters. The first-order valence-electron chi connectivity index (χ1n) is 6.80. The molecule has 20 heavy (non-hydrogen) atoms. The van der Waals surface area contributed by atoms with Gasteiger partial charge in [0.05, 0.1) is 13.0 Å². The Morgan fingerprint density at radius 3 is 2.65 bits per heavy atom. The van der Waals surface area contributed by atoms with E-state index >= 15 is 0 Å².